The zero-order valence-electron chi connectivity index (χ0n) is 13.7. The van der Waals surface area contributed by atoms with Crippen LogP contribution in [0.1, 0.15) is 37.5 Å². The Labute approximate surface area is 147 Å². The Bertz CT molecular complexity index is 1020. The van der Waals surface area contributed by atoms with Gasteiger partial charge in [0.1, 0.15) is 0 Å². The lowest BCUT2D eigenvalue weighted by molar-refractivity contribution is 0.0846. The van der Waals surface area contributed by atoms with Crippen LogP contribution in [0.3, 0.4) is 0 Å². The molecule has 7 nitrogen and oxygen atoms in total. The van der Waals surface area contributed by atoms with Crippen molar-refractivity contribution in [3.05, 3.63) is 61.7 Å². The molecule has 0 radical (unpaired) electrons. The van der Waals surface area contributed by atoms with E-state index in [0.29, 0.717) is 15.6 Å². The molecule has 0 bridgehead atoms. The van der Waals surface area contributed by atoms with Gasteiger partial charge in [-0.05, 0) is 31.0 Å². The second-order valence-corrected chi connectivity index (χ2v) is 6.56. The first-order valence-corrected chi connectivity index (χ1v) is 8.50. The van der Waals surface area contributed by atoms with E-state index in [9.17, 15) is 14.4 Å². The SMILES string of the molecule is CCc1sc(C(=O)NNC(=O)c2n[nH]c(=O)c3ccccc23)cc1C. The Morgan fingerprint density at radius 3 is 2.52 bits per heavy atom. The van der Waals surface area contributed by atoms with E-state index < -0.39 is 11.8 Å². The second-order valence-electron chi connectivity index (χ2n) is 5.43. The number of hydrogen-bond donors (Lipinski definition) is 3. The fourth-order valence-electron chi connectivity index (χ4n) is 2.50. The Kier molecular flexibility index (Phi) is 4.62. The predicted molar refractivity (Wildman–Crippen MR) is 95.7 cm³/mol. The molecule has 0 aliphatic carbocycles. The Morgan fingerprint density at radius 2 is 1.84 bits per heavy atom. The van der Waals surface area contributed by atoms with Crippen molar-refractivity contribution in [3.8, 4) is 0 Å². The van der Waals surface area contributed by atoms with Gasteiger partial charge >= 0.3 is 0 Å². The van der Waals surface area contributed by atoms with Crippen LogP contribution in [0.15, 0.2) is 35.1 Å². The largest absolute Gasteiger partial charge is 0.290 e. The zero-order valence-corrected chi connectivity index (χ0v) is 14.5. The molecule has 128 valence electrons. The number of benzene rings is 1. The van der Waals surface area contributed by atoms with Crippen molar-refractivity contribution < 1.29 is 9.59 Å². The zero-order chi connectivity index (χ0) is 18.0. The molecular weight excluding hydrogens is 340 g/mol. The van der Waals surface area contributed by atoms with Crippen molar-refractivity contribution in [1.82, 2.24) is 21.0 Å². The first-order valence-electron chi connectivity index (χ1n) is 7.68. The van der Waals surface area contributed by atoms with Gasteiger partial charge in [-0.25, -0.2) is 5.10 Å². The maximum Gasteiger partial charge on any atom is 0.290 e. The summed E-state index contributed by atoms with van der Waals surface area (Å²) in [5, 5.41) is 6.85. The van der Waals surface area contributed by atoms with Crippen molar-refractivity contribution in [2.75, 3.05) is 0 Å². The number of carbonyl (C=O) groups excluding carboxylic acids is 2. The molecule has 2 aromatic heterocycles. The smallest absolute Gasteiger partial charge is 0.267 e. The summed E-state index contributed by atoms with van der Waals surface area (Å²) in [5.41, 5.74) is 5.43. The number of aromatic amines is 1. The highest BCUT2D eigenvalue weighted by Crippen LogP contribution is 2.22. The average Bonchev–Trinajstić information content (AvgIpc) is 3.01. The third kappa shape index (κ3) is 3.29. The van der Waals surface area contributed by atoms with Crippen LogP contribution in [-0.2, 0) is 6.42 Å². The highest BCUT2D eigenvalue weighted by atomic mass is 32.1. The van der Waals surface area contributed by atoms with Crippen LogP contribution in [0.25, 0.3) is 10.8 Å². The van der Waals surface area contributed by atoms with Gasteiger partial charge in [-0.15, -0.1) is 11.3 Å². The Morgan fingerprint density at radius 1 is 1.16 bits per heavy atom. The van der Waals surface area contributed by atoms with Crippen molar-refractivity contribution >= 4 is 33.9 Å². The van der Waals surface area contributed by atoms with Crippen LogP contribution in [0.5, 0.6) is 0 Å². The lowest BCUT2D eigenvalue weighted by atomic mass is 10.1. The number of aromatic nitrogens is 2. The van der Waals surface area contributed by atoms with Crippen molar-refractivity contribution in [2.24, 2.45) is 0 Å². The minimum atomic E-state index is -0.607. The minimum absolute atomic E-state index is 0.0344. The van der Waals surface area contributed by atoms with Gasteiger partial charge in [-0.1, -0.05) is 25.1 Å². The molecule has 0 spiro atoms. The molecule has 1 aromatic carbocycles. The summed E-state index contributed by atoms with van der Waals surface area (Å²) in [6, 6.07) is 8.43. The number of thiophene rings is 1. The van der Waals surface area contributed by atoms with E-state index >= 15 is 0 Å². The molecule has 0 aliphatic heterocycles. The molecule has 0 fully saturated rings. The van der Waals surface area contributed by atoms with Gasteiger partial charge < -0.3 is 0 Å². The summed E-state index contributed by atoms with van der Waals surface area (Å²) < 4.78 is 0. The molecule has 0 saturated heterocycles. The molecule has 0 atom stereocenters. The van der Waals surface area contributed by atoms with Gasteiger partial charge in [0.2, 0.25) is 0 Å². The number of hydrogen-bond acceptors (Lipinski definition) is 5. The number of rotatable bonds is 3. The number of hydrazine groups is 1. The summed E-state index contributed by atoms with van der Waals surface area (Å²) in [5.74, 6) is -1.00. The monoisotopic (exact) mass is 356 g/mol. The number of nitrogens with zero attached hydrogens (tertiary/aromatic N) is 1. The molecule has 25 heavy (non-hydrogen) atoms. The third-order valence-corrected chi connectivity index (χ3v) is 5.15. The fraction of sp³-hybridized carbons (Fsp3) is 0.176. The quantitative estimate of drug-likeness (QED) is 0.624. The standard InChI is InChI=1S/C17H16N4O3S/c1-3-12-9(2)8-13(25-12)16(23)20-21-17(24)14-10-6-4-5-7-11(10)15(22)19-18-14/h4-8H,3H2,1-2H3,(H,19,22)(H,20,23)(H,21,24). The summed E-state index contributed by atoms with van der Waals surface area (Å²) in [7, 11) is 0. The number of amides is 2. The molecule has 3 aromatic rings. The molecule has 3 N–H and O–H groups in total. The summed E-state index contributed by atoms with van der Waals surface area (Å²) in [6.07, 6.45) is 0.851. The highest BCUT2D eigenvalue weighted by Gasteiger charge is 2.16. The first-order chi connectivity index (χ1) is 12.0. The normalized spacial score (nSPS) is 10.6. The Hall–Kier alpha value is -3.00. The van der Waals surface area contributed by atoms with Gasteiger partial charge in [-0.2, -0.15) is 5.10 Å². The van der Waals surface area contributed by atoms with Crippen molar-refractivity contribution in [3.63, 3.8) is 0 Å². The number of fused-ring (bicyclic) bond motifs is 1. The highest BCUT2D eigenvalue weighted by molar-refractivity contribution is 7.14. The van der Waals surface area contributed by atoms with Crippen LogP contribution >= 0.6 is 11.3 Å². The molecule has 2 heterocycles. The van der Waals surface area contributed by atoms with Crippen molar-refractivity contribution in [2.45, 2.75) is 20.3 Å². The van der Waals surface area contributed by atoms with Gasteiger partial charge in [-0.3, -0.25) is 25.2 Å². The lowest BCUT2D eigenvalue weighted by Gasteiger charge is -2.07. The molecule has 8 heteroatoms. The summed E-state index contributed by atoms with van der Waals surface area (Å²) >= 11 is 1.39. The average molecular weight is 356 g/mol. The van der Waals surface area contributed by atoms with Crippen LogP contribution in [0.2, 0.25) is 0 Å². The second kappa shape index (κ2) is 6.86. The molecule has 3 rings (SSSR count). The van der Waals surface area contributed by atoms with Crippen LogP contribution in [0, 0.1) is 6.92 Å². The maximum atomic E-state index is 12.3. The molecule has 0 unspecified atom stereocenters. The summed E-state index contributed by atoms with van der Waals surface area (Å²) in [4.78, 5) is 37.9. The van der Waals surface area contributed by atoms with Crippen LogP contribution in [-0.4, -0.2) is 22.0 Å². The van der Waals surface area contributed by atoms with Gasteiger partial charge in [0.05, 0.1) is 10.3 Å². The Balaban J connectivity index is 1.78. The fourth-order valence-corrected chi connectivity index (χ4v) is 3.51. The molecule has 0 aliphatic rings. The number of aryl methyl sites for hydroxylation is 2. The number of nitrogens with one attached hydrogen (secondary N) is 3. The van der Waals surface area contributed by atoms with Gasteiger partial charge in [0, 0.05) is 10.3 Å². The number of H-pyrrole nitrogens is 1. The van der Waals surface area contributed by atoms with Crippen LogP contribution < -0.4 is 16.4 Å². The number of carbonyl (C=O) groups is 2. The van der Waals surface area contributed by atoms with Crippen molar-refractivity contribution in [1.29, 1.82) is 0 Å². The van der Waals surface area contributed by atoms with E-state index in [-0.39, 0.29) is 11.3 Å². The van der Waals surface area contributed by atoms with E-state index in [2.05, 4.69) is 21.0 Å². The van der Waals surface area contributed by atoms with Gasteiger partial charge in [0.15, 0.2) is 5.69 Å². The predicted octanol–water partition coefficient (Wildman–Crippen LogP) is 1.93. The van der Waals surface area contributed by atoms with E-state index in [0.717, 1.165) is 16.9 Å². The van der Waals surface area contributed by atoms with Gasteiger partial charge in [0.25, 0.3) is 17.4 Å². The molecule has 2 amide bonds. The first kappa shape index (κ1) is 16.8. The lowest BCUT2D eigenvalue weighted by Crippen LogP contribution is -2.42. The maximum absolute atomic E-state index is 12.3. The third-order valence-electron chi connectivity index (χ3n) is 3.77. The van der Waals surface area contributed by atoms with E-state index in [4.69, 9.17) is 0 Å². The van der Waals surface area contributed by atoms with Crippen LogP contribution in [0.4, 0.5) is 0 Å². The topological polar surface area (TPSA) is 104 Å². The molecule has 0 saturated carbocycles. The van der Waals surface area contributed by atoms with E-state index in [1.165, 1.54) is 11.3 Å². The van der Waals surface area contributed by atoms with E-state index in [1.807, 2.05) is 13.8 Å². The minimum Gasteiger partial charge on any atom is -0.267 e. The van der Waals surface area contributed by atoms with E-state index in [1.54, 1.807) is 30.3 Å². The molecular formula is C17H16N4O3S. The summed E-state index contributed by atoms with van der Waals surface area (Å²) in [6.45, 7) is 3.97.